The summed E-state index contributed by atoms with van der Waals surface area (Å²) in [4.78, 5) is 15.6. The van der Waals surface area contributed by atoms with Gasteiger partial charge in [0.2, 0.25) is 15.9 Å². The highest BCUT2D eigenvalue weighted by Crippen LogP contribution is 2.53. The van der Waals surface area contributed by atoms with Crippen molar-refractivity contribution in [2.24, 2.45) is 10.8 Å². The zero-order valence-electron chi connectivity index (χ0n) is 18.9. The molecule has 1 aliphatic carbocycles. The normalized spacial score (nSPS) is 18.5. The zero-order valence-corrected chi connectivity index (χ0v) is 19.8. The topological polar surface area (TPSA) is 116 Å². The van der Waals surface area contributed by atoms with Crippen LogP contribution in [0, 0.1) is 10.8 Å². The van der Waals surface area contributed by atoms with E-state index in [1.807, 2.05) is 0 Å². The molecule has 1 aromatic heterocycles. The minimum atomic E-state index is -3.37. The zero-order chi connectivity index (χ0) is 22.6. The van der Waals surface area contributed by atoms with E-state index in [1.165, 1.54) is 39.2 Å². The predicted molar refractivity (Wildman–Crippen MR) is 112 cm³/mol. The Labute approximate surface area is 180 Å². The number of aromatic nitrogens is 2. The average Bonchev–Trinajstić information content (AvgIpc) is 3.08. The van der Waals surface area contributed by atoms with Crippen LogP contribution in [-0.2, 0) is 21.4 Å². The van der Waals surface area contributed by atoms with Gasteiger partial charge < -0.3 is 14.4 Å². The number of carbonyl (C=O) groups is 1. The lowest BCUT2D eigenvalue weighted by Crippen LogP contribution is -2.37. The number of hydrogen-bond acceptors (Lipinski definition) is 7. The SMILES string of the molecule is CN(Cc1noc(C(CCCC2(C(C)(C)C)CCCCC2)CC(=O)[O-])n1)S(C)(=O)=O. The second kappa shape index (κ2) is 9.77. The van der Waals surface area contributed by atoms with E-state index in [0.29, 0.717) is 6.42 Å². The summed E-state index contributed by atoms with van der Waals surface area (Å²) >= 11 is 0. The number of carboxylic acids is 1. The number of carboxylic acid groups (broad SMARTS) is 1. The summed E-state index contributed by atoms with van der Waals surface area (Å²) in [5.41, 5.74) is 0.473. The Morgan fingerprint density at radius 3 is 2.43 bits per heavy atom. The maximum absolute atomic E-state index is 11.6. The highest BCUT2D eigenvalue weighted by atomic mass is 32.2. The van der Waals surface area contributed by atoms with Gasteiger partial charge in [0.1, 0.15) is 0 Å². The lowest BCUT2D eigenvalue weighted by molar-refractivity contribution is -0.306. The number of rotatable bonds is 10. The molecule has 1 heterocycles. The summed E-state index contributed by atoms with van der Waals surface area (Å²) in [5.74, 6) is -1.12. The first-order chi connectivity index (χ1) is 13.8. The fraction of sp³-hybridized carbons (Fsp3) is 0.857. The molecular weight excluding hydrogens is 406 g/mol. The van der Waals surface area contributed by atoms with Gasteiger partial charge in [-0.2, -0.15) is 9.29 Å². The molecule has 2 rings (SSSR count). The third kappa shape index (κ3) is 6.51. The first-order valence-corrected chi connectivity index (χ1v) is 12.6. The number of carbonyl (C=O) groups excluding carboxylic acids is 1. The first kappa shape index (κ1) is 24.8. The maximum atomic E-state index is 11.6. The van der Waals surface area contributed by atoms with Gasteiger partial charge in [-0.1, -0.05) is 51.6 Å². The smallest absolute Gasteiger partial charge is 0.230 e. The summed E-state index contributed by atoms with van der Waals surface area (Å²) in [7, 11) is -1.94. The van der Waals surface area contributed by atoms with Crippen LogP contribution in [0.3, 0.4) is 0 Å². The summed E-state index contributed by atoms with van der Waals surface area (Å²) in [5, 5.41) is 15.1. The summed E-state index contributed by atoms with van der Waals surface area (Å²) in [6, 6.07) is 0. The van der Waals surface area contributed by atoms with E-state index in [-0.39, 0.29) is 35.5 Å². The van der Waals surface area contributed by atoms with E-state index in [9.17, 15) is 18.3 Å². The monoisotopic (exact) mass is 442 g/mol. The van der Waals surface area contributed by atoms with Crippen LogP contribution in [-0.4, -0.2) is 42.1 Å². The molecule has 9 heteroatoms. The Bertz CT molecular complexity index is 807. The van der Waals surface area contributed by atoms with E-state index in [4.69, 9.17) is 4.52 Å². The molecule has 1 saturated carbocycles. The van der Waals surface area contributed by atoms with Crippen molar-refractivity contribution in [3.05, 3.63) is 11.7 Å². The second-order valence-corrected chi connectivity index (χ2v) is 11.9. The van der Waals surface area contributed by atoms with E-state index in [0.717, 1.165) is 23.4 Å². The van der Waals surface area contributed by atoms with Crippen LogP contribution < -0.4 is 5.11 Å². The van der Waals surface area contributed by atoms with Gasteiger partial charge in [0.15, 0.2) is 5.82 Å². The van der Waals surface area contributed by atoms with Gasteiger partial charge in [-0.3, -0.25) is 0 Å². The lowest BCUT2D eigenvalue weighted by atomic mass is 9.57. The molecule has 0 aromatic carbocycles. The molecule has 0 saturated heterocycles. The molecule has 1 fully saturated rings. The van der Waals surface area contributed by atoms with E-state index < -0.39 is 21.9 Å². The largest absolute Gasteiger partial charge is 0.550 e. The fourth-order valence-electron chi connectivity index (χ4n) is 4.62. The molecule has 172 valence electrons. The number of nitrogens with zero attached hydrogens (tertiary/aromatic N) is 3. The minimum absolute atomic E-state index is 0.0203. The van der Waals surface area contributed by atoms with Gasteiger partial charge in [0.25, 0.3) is 0 Å². The molecule has 0 amide bonds. The molecule has 0 radical (unpaired) electrons. The molecular formula is C21H36N3O5S-. The predicted octanol–water partition coefficient (Wildman–Crippen LogP) is 2.85. The molecule has 0 aliphatic heterocycles. The van der Waals surface area contributed by atoms with Crippen LogP contribution in [0.2, 0.25) is 0 Å². The van der Waals surface area contributed by atoms with Crippen molar-refractivity contribution >= 4 is 16.0 Å². The van der Waals surface area contributed by atoms with Gasteiger partial charge in [0, 0.05) is 18.9 Å². The van der Waals surface area contributed by atoms with Crippen LogP contribution in [0.15, 0.2) is 4.52 Å². The molecule has 8 nitrogen and oxygen atoms in total. The Morgan fingerprint density at radius 2 is 1.90 bits per heavy atom. The van der Waals surface area contributed by atoms with Gasteiger partial charge >= 0.3 is 0 Å². The average molecular weight is 443 g/mol. The molecule has 0 N–H and O–H groups in total. The van der Waals surface area contributed by atoms with Crippen molar-refractivity contribution in [1.82, 2.24) is 14.4 Å². The van der Waals surface area contributed by atoms with E-state index in [2.05, 4.69) is 30.9 Å². The Kier molecular flexibility index (Phi) is 8.07. The molecule has 1 atom stereocenters. The Hall–Kier alpha value is -1.48. The van der Waals surface area contributed by atoms with Crippen LogP contribution >= 0.6 is 0 Å². The van der Waals surface area contributed by atoms with Crippen molar-refractivity contribution in [2.45, 2.75) is 91.0 Å². The van der Waals surface area contributed by atoms with E-state index >= 15 is 0 Å². The fourth-order valence-corrected chi connectivity index (χ4v) is 4.97. The van der Waals surface area contributed by atoms with Crippen molar-refractivity contribution in [3.8, 4) is 0 Å². The van der Waals surface area contributed by atoms with Gasteiger partial charge in [-0.25, -0.2) is 8.42 Å². The lowest BCUT2D eigenvalue weighted by Gasteiger charge is -2.48. The Morgan fingerprint density at radius 1 is 1.27 bits per heavy atom. The molecule has 0 bridgehead atoms. The highest BCUT2D eigenvalue weighted by molar-refractivity contribution is 7.88. The molecule has 1 aromatic rings. The number of hydrogen-bond donors (Lipinski definition) is 0. The summed E-state index contributed by atoms with van der Waals surface area (Å²) < 4.78 is 29.6. The van der Waals surface area contributed by atoms with Gasteiger partial charge in [0.05, 0.1) is 12.8 Å². The van der Waals surface area contributed by atoms with Gasteiger partial charge in [-0.15, -0.1) is 0 Å². The third-order valence-corrected chi connectivity index (χ3v) is 8.05. The number of sulfonamides is 1. The minimum Gasteiger partial charge on any atom is -0.550 e. The Balaban J connectivity index is 2.07. The van der Waals surface area contributed by atoms with Crippen molar-refractivity contribution < 1.29 is 22.8 Å². The summed E-state index contributed by atoms with van der Waals surface area (Å²) in [6.07, 6.45) is 9.66. The van der Waals surface area contributed by atoms with E-state index in [1.54, 1.807) is 0 Å². The second-order valence-electron chi connectivity index (χ2n) is 9.82. The number of aliphatic carboxylic acids is 1. The molecule has 1 aliphatic rings. The molecule has 1 unspecified atom stereocenters. The highest BCUT2D eigenvalue weighted by Gasteiger charge is 2.41. The maximum Gasteiger partial charge on any atom is 0.230 e. The summed E-state index contributed by atoms with van der Waals surface area (Å²) in [6.45, 7) is 6.89. The standard InChI is InChI=1S/C21H37N3O5S/c1-20(2,3)21(11-7-6-8-12-21)13-9-10-16(14-18(25)26)19-22-17(23-29-19)15-24(4)30(5,27)28/h16H,6-15H2,1-5H3,(H,25,26)/p-1. The quantitative estimate of drug-likeness (QED) is 0.547. The van der Waals surface area contributed by atoms with Crippen molar-refractivity contribution in [3.63, 3.8) is 0 Å². The van der Waals surface area contributed by atoms with Crippen molar-refractivity contribution in [1.29, 1.82) is 0 Å². The van der Waals surface area contributed by atoms with Crippen LogP contribution in [0.1, 0.15) is 96.2 Å². The van der Waals surface area contributed by atoms with Crippen LogP contribution in [0.5, 0.6) is 0 Å². The van der Waals surface area contributed by atoms with Crippen molar-refractivity contribution in [2.75, 3.05) is 13.3 Å². The van der Waals surface area contributed by atoms with Crippen LogP contribution in [0.25, 0.3) is 0 Å². The molecule has 0 spiro atoms. The van der Waals surface area contributed by atoms with Crippen LogP contribution in [0.4, 0.5) is 0 Å². The molecule has 30 heavy (non-hydrogen) atoms. The first-order valence-electron chi connectivity index (χ1n) is 10.8. The van der Waals surface area contributed by atoms with Gasteiger partial charge in [-0.05, 0) is 42.9 Å². The third-order valence-electron chi connectivity index (χ3n) is 6.79.